The van der Waals surface area contributed by atoms with Crippen molar-refractivity contribution in [1.82, 2.24) is 10.2 Å². The average Bonchev–Trinajstić information content (AvgIpc) is 2.65. The monoisotopic (exact) mass is 202 g/mol. The Morgan fingerprint density at radius 2 is 2.50 bits per heavy atom. The van der Waals surface area contributed by atoms with Gasteiger partial charge in [-0.3, -0.25) is 0 Å². The lowest BCUT2D eigenvalue weighted by atomic mass is 10.2. The molecule has 0 aromatic carbocycles. The molecule has 0 aromatic heterocycles. The number of hydrogen-bond donors (Lipinski definition) is 2. The molecule has 0 radical (unpaired) electrons. The molecule has 2 amide bonds. The van der Waals surface area contributed by atoms with E-state index in [1.165, 1.54) is 0 Å². The summed E-state index contributed by atoms with van der Waals surface area (Å²) in [5.74, 6) is 0. The SMILES string of the molecule is CNC(=O)N1CCCC1COCCO. The first kappa shape index (κ1) is 11.3. The molecule has 0 spiro atoms. The van der Waals surface area contributed by atoms with E-state index in [-0.39, 0.29) is 18.7 Å². The summed E-state index contributed by atoms with van der Waals surface area (Å²) in [6.07, 6.45) is 2.01. The number of ether oxygens (including phenoxy) is 1. The Bertz CT molecular complexity index is 187. The van der Waals surface area contributed by atoms with Crippen LogP contribution in [-0.2, 0) is 4.74 Å². The Kier molecular flexibility index (Phi) is 4.69. The van der Waals surface area contributed by atoms with Crippen LogP contribution in [0.15, 0.2) is 0 Å². The molecule has 5 nitrogen and oxygen atoms in total. The predicted molar refractivity (Wildman–Crippen MR) is 52.1 cm³/mol. The normalized spacial score (nSPS) is 21.3. The largest absolute Gasteiger partial charge is 0.394 e. The Hall–Kier alpha value is -0.810. The minimum Gasteiger partial charge on any atom is -0.394 e. The van der Waals surface area contributed by atoms with Gasteiger partial charge in [0.1, 0.15) is 0 Å². The summed E-state index contributed by atoms with van der Waals surface area (Å²) in [5.41, 5.74) is 0. The summed E-state index contributed by atoms with van der Waals surface area (Å²) < 4.78 is 5.22. The molecule has 1 fully saturated rings. The van der Waals surface area contributed by atoms with Crippen molar-refractivity contribution < 1.29 is 14.6 Å². The third-order valence-electron chi connectivity index (χ3n) is 2.40. The first-order valence-electron chi connectivity index (χ1n) is 4.96. The van der Waals surface area contributed by atoms with Crippen molar-refractivity contribution in [3.05, 3.63) is 0 Å². The summed E-state index contributed by atoms with van der Waals surface area (Å²) in [4.78, 5) is 13.2. The standard InChI is InChI=1S/C9H18N2O3/c1-10-9(13)11-4-2-3-8(11)7-14-6-5-12/h8,12H,2-7H2,1H3,(H,10,13). The fourth-order valence-corrected chi connectivity index (χ4v) is 1.70. The Morgan fingerprint density at radius 1 is 1.71 bits per heavy atom. The molecule has 1 saturated heterocycles. The second-order valence-corrected chi connectivity index (χ2v) is 3.34. The van der Waals surface area contributed by atoms with Crippen LogP contribution in [0.4, 0.5) is 4.79 Å². The van der Waals surface area contributed by atoms with Gasteiger partial charge in [0.2, 0.25) is 0 Å². The fourth-order valence-electron chi connectivity index (χ4n) is 1.70. The van der Waals surface area contributed by atoms with Crippen LogP contribution in [0.25, 0.3) is 0 Å². The number of nitrogens with zero attached hydrogens (tertiary/aromatic N) is 1. The van der Waals surface area contributed by atoms with Crippen LogP contribution in [-0.4, -0.2) is 55.5 Å². The first-order chi connectivity index (χ1) is 6.79. The molecule has 1 atom stereocenters. The van der Waals surface area contributed by atoms with E-state index in [4.69, 9.17) is 9.84 Å². The highest BCUT2D eigenvalue weighted by Crippen LogP contribution is 2.17. The number of carbonyl (C=O) groups is 1. The molecule has 1 unspecified atom stereocenters. The summed E-state index contributed by atoms with van der Waals surface area (Å²) in [6, 6.07) is 0.126. The van der Waals surface area contributed by atoms with E-state index in [0.29, 0.717) is 13.2 Å². The molecule has 1 rings (SSSR count). The van der Waals surface area contributed by atoms with Crippen molar-refractivity contribution in [1.29, 1.82) is 0 Å². The third kappa shape index (κ3) is 2.85. The van der Waals surface area contributed by atoms with Crippen molar-refractivity contribution in [3.63, 3.8) is 0 Å². The average molecular weight is 202 g/mol. The third-order valence-corrected chi connectivity index (χ3v) is 2.40. The van der Waals surface area contributed by atoms with Gasteiger partial charge in [0.25, 0.3) is 0 Å². The first-order valence-corrected chi connectivity index (χ1v) is 4.96. The number of aliphatic hydroxyl groups is 1. The highest BCUT2D eigenvalue weighted by molar-refractivity contribution is 5.74. The maximum atomic E-state index is 11.4. The van der Waals surface area contributed by atoms with Gasteiger partial charge in [-0.05, 0) is 12.8 Å². The number of aliphatic hydroxyl groups excluding tert-OH is 1. The van der Waals surface area contributed by atoms with Gasteiger partial charge in [0.05, 0.1) is 25.9 Å². The second kappa shape index (κ2) is 5.82. The lowest BCUT2D eigenvalue weighted by Gasteiger charge is -2.23. The molecular weight excluding hydrogens is 184 g/mol. The van der Waals surface area contributed by atoms with Crippen molar-refractivity contribution >= 4 is 6.03 Å². The quantitative estimate of drug-likeness (QED) is 0.621. The Balaban J connectivity index is 2.31. The van der Waals surface area contributed by atoms with Crippen LogP contribution in [0.5, 0.6) is 0 Å². The number of amides is 2. The molecule has 5 heteroatoms. The highest BCUT2D eigenvalue weighted by Gasteiger charge is 2.27. The second-order valence-electron chi connectivity index (χ2n) is 3.34. The minimum absolute atomic E-state index is 0.0344. The predicted octanol–water partition coefficient (Wildman–Crippen LogP) is -0.201. The van der Waals surface area contributed by atoms with Gasteiger partial charge in [-0.1, -0.05) is 0 Å². The van der Waals surface area contributed by atoms with Crippen molar-refractivity contribution in [2.45, 2.75) is 18.9 Å². The van der Waals surface area contributed by atoms with Crippen molar-refractivity contribution in [2.24, 2.45) is 0 Å². The zero-order valence-corrected chi connectivity index (χ0v) is 8.53. The van der Waals surface area contributed by atoms with E-state index in [1.54, 1.807) is 11.9 Å². The molecule has 1 aliphatic heterocycles. The number of nitrogens with one attached hydrogen (secondary N) is 1. The van der Waals surface area contributed by atoms with E-state index >= 15 is 0 Å². The summed E-state index contributed by atoms with van der Waals surface area (Å²) in [5, 5.41) is 11.2. The van der Waals surface area contributed by atoms with Crippen molar-refractivity contribution in [2.75, 3.05) is 33.4 Å². The number of urea groups is 1. The van der Waals surface area contributed by atoms with Gasteiger partial charge in [-0.25, -0.2) is 4.79 Å². The van der Waals surface area contributed by atoms with Gasteiger partial charge < -0.3 is 20.1 Å². The van der Waals surface area contributed by atoms with Crippen LogP contribution in [0.3, 0.4) is 0 Å². The van der Waals surface area contributed by atoms with Crippen LogP contribution in [0.2, 0.25) is 0 Å². The smallest absolute Gasteiger partial charge is 0.317 e. The van der Waals surface area contributed by atoms with Gasteiger partial charge >= 0.3 is 6.03 Å². The zero-order valence-electron chi connectivity index (χ0n) is 8.53. The number of hydrogen-bond acceptors (Lipinski definition) is 3. The van der Waals surface area contributed by atoms with Gasteiger partial charge in [0.15, 0.2) is 0 Å². The lowest BCUT2D eigenvalue weighted by molar-refractivity contribution is 0.0606. The van der Waals surface area contributed by atoms with Gasteiger partial charge in [-0.15, -0.1) is 0 Å². The molecule has 2 N–H and O–H groups in total. The molecule has 82 valence electrons. The van der Waals surface area contributed by atoms with Crippen LogP contribution >= 0.6 is 0 Å². The molecule has 14 heavy (non-hydrogen) atoms. The van der Waals surface area contributed by atoms with E-state index < -0.39 is 0 Å². The summed E-state index contributed by atoms with van der Waals surface area (Å²) >= 11 is 0. The lowest BCUT2D eigenvalue weighted by Crippen LogP contribution is -2.43. The van der Waals surface area contributed by atoms with E-state index in [0.717, 1.165) is 19.4 Å². The Labute approximate surface area is 84.0 Å². The van der Waals surface area contributed by atoms with Gasteiger partial charge in [0, 0.05) is 13.6 Å². The summed E-state index contributed by atoms with van der Waals surface area (Å²) in [7, 11) is 1.63. The van der Waals surface area contributed by atoms with Crippen LogP contribution < -0.4 is 5.32 Å². The molecule has 0 aliphatic carbocycles. The molecule has 1 heterocycles. The topological polar surface area (TPSA) is 61.8 Å². The molecule has 0 aromatic rings. The van der Waals surface area contributed by atoms with Gasteiger partial charge in [-0.2, -0.15) is 0 Å². The van der Waals surface area contributed by atoms with E-state index in [2.05, 4.69) is 5.32 Å². The zero-order chi connectivity index (χ0) is 10.4. The van der Waals surface area contributed by atoms with Crippen molar-refractivity contribution in [3.8, 4) is 0 Å². The Morgan fingerprint density at radius 3 is 3.14 bits per heavy atom. The summed E-state index contributed by atoms with van der Waals surface area (Å²) in [6.45, 7) is 1.70. The highest BCUT2D eigenvalue weighted by atomic mass is 16.5. The van der Waals surface area contributed by atoms with E-state index in [1.807, 2.05) is 0 Å². The molecule has 0 saturated carbocycles. The molecule has 1 aliphatic rings. The fraction of sp³-hybridized carbons (Fsp3) is 0.889. The number of likely N-dealkylation sites (tertiary alicyclic amines) is 1. The van der Waals surface area contributed by atoms with E-state index in [9.17, 15) is 4.79 Å². The molecule has 0 bridgehead atoms. The maximum absolute atomic E-state index is 11.4. The van der Waals surface area contributed by atoms with Crippen LogP contribution in [0.1, 0.15) is 12.8 Å². The number of rotatable bonds is 4. The van der Waals surface area contributed by atoms with Crippen LogP contribution in [0, 0.1) is 0 Å². The maximum Gasteiger partial charge on any atom is 0.317 e. The minimum atomic E-state index is -0.0416. The molecular formula is C9H18N2O3. The number of carbonyl (C=O) groups excluding carboxylic acids is 1.